The smallest absolute Gasteiger partial charge is 0.318 e. The maximum absolute atomic E-state index is 14.0. The molecule has 1 aliphatic carbocycles. The molecule has 1 saturated heterocycles. The van der Waals surface area contributed by atoms with Gasteiger partial charge in [-0.2, -0.15) is 0 Å². The molecule has 1 heterocycles. The molecule has 1 aliphatic heterocycles. The Morgan fingerprint density at radius 2 is 2.26 bits per heavy atom. The van der Waals surface area contributed by atoms with E-state index in [0.717, 1.165) is 18.4 Å². The number of rotatable bonds is 5. The van der Waals surface area contributed by atoms with E-state index in [9.17, 15) is 14.0 Å². The normalized spacial score (nSPS) is 22.4. The number of hydrogen-bond acceptors (Lipinski definition) is 4. The van der Waals surface area contributed by atoms with Gasteiger partial charge >= 0.3 is 12.0 Å². The summed E-state index contributed by atoms with van der Waals surface area (Å²) in [6.45, 7) is 1.66. The number of fused-ring (bicyclic) bond motifs is 1. The van der Waals surface area contributed by atoms with E-state index in [1.807, 2.05) is 6.07 Å². The van der Waals surface area contributed by atoms with Crippen LogP contribution in [0.25, 0.3) is 0 Å². The number of nitrogens with one attached hydrogen (secondary N) is 1. The number of aliphatic carboxylic acids is 1. The Bertz CT molecular complexity index is 700. The highest BCUT2D eigenvalue weighted by atomic mass is 19.1. The number of amides is 2. The summed E-state index contributed by atoms with van der Waals surface area (Å²) in [4.78, 5) is 26.9. The second-order valence-corrected chi connectivity index (χ2v) is 7.23. The third kappa shape index (κ3) is 4.95. The highest BCUT2D eigenvalue weighted by Crippen LogP contribution is 2.31. The van der Waals surface area contributed by atoms with Crippen molar-refractivity contribution in [2.75, 3.05) is 39.8 Å². The second kappa shape index (κ2) is 8.67. The zero-order valence-corrected chi connectivity index (χ0v) is 15.5. The molecule has 0 aromatic heterocycles. The number of carboxylic acid groups (broad SMARTS) is 1. The van der Waals surface area contributed by atoms with Gasteiger partial charge in [0.2, 0.25) is 0 Å². The monoisotopic (exact) mass is 379 g/mol. The first-order valence-corrected chi connectivity index (χ1v) is 9.28. The first-order chi connectivity index (χ1) is 12.9. The molecule has 2 amide bonds. The lowest BCUT2D eigenvalue weighted by Gasteiger charge is -2.36. The van der Waals surface area contributed by atoms with Crippen LogP contribution in [0.3, 0.4) is 0 Å². The first kappa shape index (κ1) is 19.6. The van der Waals surface area contributed by atoms with Crippen LogP contribution in [0.4, 0.5) is 9.18 Å². The molecule has 0 radical (unpaired) electrons. The minimum absolute atomic E-state index is 0.0729. The number of halogens is 1. The first-order valence-electron chi connectivity index (χ1n) is 9.28. The molecule has 1 aromatic rings. The maximum Gasteiger partial charge on any atom is 0.318 e. The Morgan fingerprint density at radius 1 is 1.44 bits per heavy atom. The van der Waals surface area contributed by atoms with Crippen LogP contribution in [0.15, 0.2) is 18.2 Å². The number of ether oxygens (including phenoxy) is 1. The molecule has 1 fully saturated rings. The summed E-state index contributed by atoms with van der Waals surface area (Å²) >= 11 is 0. The molecule has 2 atom stereocenters. The van der Waals surface area contributed by atoms with Gasteiger partial charge < -0.3 is 20.1 Å². The van der Waals surface area contributed by atoms with Crippen molar-refractivity contribution in [1.29, 1.82) is 0 Å². The van der Waals surface area contributed by atoms with Crippen molar-refractivity contribution in [3.63, 3.8) is 0 Å². The zero-order valence-electron chi connectivity index (χ0n) is 15.5. The van der Waals surface area contributed by atoms with Crippen LogP contribution in [0.1, 0.15) is 30.0 Å². The molecular formula is C19H26FN3O4. The van der Waals surface area contributed by atoms with Gasteiger partial charge in [0.15, 0.2) is 0 Å². The number of carbonyl (C=O) groups is 2. The molecule has 0 bridgehead atoms. The fraction of sp³-hybridized carbons (Fsp3) is 0.579. The quantitative estimate of drug-likeness (QED) is 0.813. The van der Waals surface area contributed by atoms with Gasteiger partial charge in [0.1, 0.15) is 5.82 Å². The van der Waals surface area contributed by atoms with Crippen LogP contribution in [-0.4, -0.2) is 72.8 Å². The largest absolute Gasteiger partial charge is 0.480 e. The Kier molecular flexibility index (Phi) is 6.28. The van der Waals surface area contributed by atoms with Gasteiger partial charge in [-0.15, -0.1) is 0 Å². The lowest BCUT2D eigenvalue weighted by molar-refractivity contribution is -0.138. The number of urea groups is 1. The second-order valence-electron chi connectivity index (χ2n) is 7.23. The maximum atomic E-state index is 14.0. The summed E-state index contributed by atoms with van der Waals surface area (Å²) in [6.07, 6.45) is 2.09. The molecule has 1 aromatic carbocycles. The van der Waals surface area contributed by atoms with E-state index < -0.39 is 5.97 Å². The average Bonchev–Trinajstić information content (AvgIpc) is 2.62. The fourth-order valence-electron chi connectivity index (χ4n) is 3.85. The third-order valence-electron chi connectivity index (χ3n) is 5.09. The predicted octanol–water partition coefficient (Wildman–Crippen LogP) is 1.63. The number of benzene rings is 1. The van der Waals surface area contributed by atoms with Gasteiger partial charge in [0, 0.05) is 19.6 Å². The molecule has 148 valence electrons. The van der Waals surface area contributed by atoms with Gasteiger partial charge in [-0.25, -0.2) is 9.18 Å². The van der Waals surface area contributed by atoms with Crippen molar-refractivity contribution in [3.8, 4) is 0 Å². The van der Waals surface area contributed by atoms with Crippen molar-refractivity contribution in [2.45, 2.75) is 31.4 Å². The van der Waals surface area contributed by atoms with E-state index >= 15 is 0 Å². The van der Waals surface area contributed by atoms with Crippen molar-refractivity contribution < 1.29 is 23.8 Å². The van der Waals surface area contributed by atoms with E-state index in [-0.39, 0.29) is 30.5 Å². The van der Waals surface area contributed by atoms with Crippen molar-refractivity contribution >= 4 is 12.0 Å². The summed E-state index contributed by atoms with van der Waals surface area (Å²) in [6, 6.07) is 4.65. The molecule has 2 N–H and O–H groups in total. The SMILES string of the molecule is CN(CC(=O)O)CC1CN(C(=O)NC2CCCc3c(F)cccc32)CCO1. The minimum Gasteiger partial charge on any atom is -0.480 e. The Balaban J connectivity index is 1.59. The highest BCUT2D eigenvalue weighted by Gasteiger charge is 2.29. The van der Waals surface area contributed by atoms with Gasteiger partial charge in [-0.1, -0.05) is 12.1 Å². The van der Waals surface area contributed by atoms with E-state index in [2.05, 4.69) is 5.32 Å². The number of likely N-dealkylation sites (N-methyl/N-ethyl adjacent to an activating group) is 1. The molecular weight excluding hydrogens is 353 g/mol. The number of carbonyl (C=O) groups excluding carboxylic acids is 1. The Labute approximate surface area is 158 Å². The molecule has 2 aliphatic rings. The van der Waals surface area contributed by atoms with Crippen molar-refractivity contribution in [1.82, 2.24) is 15.1 Å². The van der Waals surface area contributed by atoms with E-state index in [4.69, 9.17) is 9.84 Å². The topological polar surface area (TPSA) is 82.1 Å². The Hall–Kier alpha value is -2.19. The fourth-order valence-corrected chi connectivity index (χ4v) is 3.85. The average molecular weight is 379 g/mol. The van der Waals surface area contributed by atoms with Crippen molar-refractivity contribution in [2.24, 2.45) is 0 Å². The van der Waals surface area contributed by atoms with Gasteiger partial charge in [0.05, 0.1) is 25.3 Å². The minimum atomic E-state index is -0.897. The summed E-state index contributed by atoms with van der Waals surface area (Å²) in [7, 11) is 1.71. The van der Waals surface area contributed by atoms with E-state index in [0.29, 0.717) is 38.2 Å². The molecule has 7 nitrogen and oxygen atoms in total. The zero-order chi connectivity index (χ0) is 19.4. The van der Waals surface area contributed by atoms with Crippen LogP contribution in [0.2, 0.25) is 0 Å². The number of hydrogen-bond donors (Lipinski definition) is 2. The van der Waals surface area contributed by atoms with E-state index in [1.165, 1.54) is 6.07 Å². The summed E-state index contributed by atoms with van der Waals surface area (Å²) < 4.78 is 19.7. The van der Waals surface area contributed by atoms with Gasteiger partial charge in [-0.3, -0.25) is 9.69 Å². The van der Waals surface area contributed by atoms with Crippen LogP contribution < -0.4 is 5.32 Å². The van der Waals surface area contributed by atoms with E-state index in [1.54, 1.807) is 22.9 Å². The summed E-state index contributed by atoms with van der Waals surface area (Å²) in [5.74, 6) is -1.11. The van der Waals surface area contributed by atoms with Gasteiger partial charge in [-0.05, 0) is 43.5 Å². The number of carboxylic acids is 1. The Morgan fingerprint density at radius 3 is 3.04 bits per heavy atom. The molecule has 2 unspecified atom stereocenters. The number of nitrogens with zero attached hydrogens (tertiary/aromatic N) is 2. The van der Waals surface area contributed by atoms with Crippen LogP contribution in [0.5, 0.6) is 0 Å². The summed E-state index contributed by atoms with van der Waals surface area (Å²) in [5.41, 5.74) is 1.56. The van der Waals surface area contributed by atoms with Crippen LogP contribution in [-0.2, 0) is 16.0 Å². The number of morpholine rings is 1. The molecule has 0 saturated carbocycles. The van der Waals surface area contributed by atoms with Crippen LogP contribution >= 0.6 is 0 Å². The molecule has 0 spiro atoms. The molecule has 3 rings (SSSR count). The predicted molar refractivity (Wildman–Crippen MR) is 97.1 cm³/mol. The standard InChI is InChI=1S/C19H26FN3O4/c1-22(12-18(24)25)10-13-11-23(8-9-27-13)19(26)21-17-7-3-4-14-15(17)5-2-6-16(14)20/h2,5-6,13,17H,3-4,7-12H2,1H3,(H,21,26)(H,24,25). The van der Waals surface area contributed by atoms with Crippen molar-refractivity contribution in [3.05, 3.63) is 35.1 Å². The lowest BCUT2D eigenvalue weighted by Crippen LogP contribution is -2.53. The molecule has 27 heavy (non-hydrogen) atoms. The molecule has 8 heteroatoms. The van der Waals surface area contributed by atoms with Gasteiger partial charge in [0.25, 0.3) is 0 Å². The highest BCUT2D eigenvalue weighted by molar-refractivity contribution is 5.75. The van der Waals surface area contributed by atoms with Crippen LogP contribution in [0, 0.1) is 5.82 Å². The lowest BCUT2D eigenvalue weighted by atomic mass is 9.87. The summed E-state index contributed by atoms with van der Waals surface area (Å²) in [5, 5.41) is 11.9. The third-order valence-corrected chi connectivity index (χ3v) is 5.09.